The zero-order valence-corrected chi connectivity index (χ0v) is 16.7. The zero-order valence-electron chi connectivity index (χ0n) is 15.2. The summed E-state index contributed by atoms with van der Waals surface area (Å²) in [7, 11) is 1.58. The van der Waals surface area contributed by atoms with Crippen molar-refractivity contribution in [1.29, 1.82) is 5.26 Å². The predicted molar refractivity (Wildman–Crippen MR) is 114 cm³/mol. The summed E-state index contributed by atoms with van der Waals surface area (Å²) in [6.45, 7) is 0.395. The van der Waals surface area contributed by atoms with Gasteiger partial charge in [-0.25, -0.2) is 0 Å². The van der Waals surface area contributed by atoms with Crippen LogP contribution >= 0.6 is 23.2 Å². The molecule has 0 aliphatic heterocycles. The number of allylic oxidation sites excluding steroid dienone is 1. The van der Waals surface area contributed by atoms with Gasteiger partial charge >= 0.3 is 0 Å². The van der Waals surface area contributed by atoms with E-state index in [2.05, 4.69) is 6.07 Å². The van der Waals surface area contributed by atoms with E-state index in [0.717, 1.165) is 11.1 Å². The summed E-state index contributed by atoms with van der Waals surface area (Å²) >= 11 is 12.1. The van der Waals surface area contributed by atoms with Crippen LogP contribution in [0.1, 0.15) is 16.7 Å². The van der Waals surface area contributed by atoms with Crippen LogP contribution in [-0.4, -0.2) is 7.11 Å². The number of benzene rings is 3. The second kappa shape index (κ2) is 9.32. The number of hydrogen-bond donors (Lipinski definition) is 0. The molecule has 0 saturated carbocycles. The average molecular weight is 410 g/mol. The summed E-state index contributed by atoms with van der Waals surface area (Å²) in [6.07, 6.45) is 1.77. The molecule has 3 aromatic rings. The van der Waals surface area contributed by atoms with Crippen molar-refractivity contribution in [3.63, 3.8) is 0 Å². The lowest BCUT2D eigenvalue weighted by molar-refractivity contribution is 0.284. The molecule has 0 unspecified atom stereocenters. The van der Waals surface area contributed by atoms with Gasteiger partial charge in [0.2, 0.25) is 0 Å². The highest BCUT2D eigenvalue weighted by Gasteiger charge is 2.09. The van der Waals surface area contributed by atoms with Crippen LogP contribution in [-0.2, 0) is 6.61 Å². The molecular weight excluding hydrogens is 393 g/mol. The van der Waals surface area contributed by atoms with E-state index >= 15 is 0 Å². The van der Waals surface area contributed by atoms with Gasteiger partial charge in [-0.05, 0) is 47.5 Å². The van der Waals surface area contributed by atoms with E-state index in [1.165, 1.54) is 0 Å². The summed E-state index contributed by atoms with van der Waals surface area (Å²) in [5.74, 6) is 1.20. The molecule has 0 amide bonds. The van der Waals surface area contributed by atoms with Crippen molar-refractivity contribution in [3.8, 4) is 17.6 Å². The molecule has 5 heteroatoms. The molecule has 0 aliphatic carbocycles. The first-order valence-corrected chi connectivity index (χ1v) is 9.28. The number of nitrogens with zero attached hydrogens (tertiary/aromatic N) is 1. The van der Waals surface area contributed by atoms with E-state index in [9.17, 15) is 5.26 Å². The van der Waals surface area contributed by atoms with E-state index < -0.39 is 0 Å². The standard InChI is InChI=1S/C23H17Cl2NO2/c1-27-23-13-17(12-18(14-26)20-4-2-3-5-21(20)25)8-11-22(23)28-15-16-6-9-19(24)10-7-16/h2-13H,15H2,1H3. The maximum atomic E-state index is 9.53. The molecule has 0 N–H and O–H groups in total. The summed E-state index contributed by atoms with van der Waals surface area (Å²) < 4.78 is 11.3. The van der Waals surface area contributed by atoms with E-state index in [1.807, 2.05) is 60.7 Å². The maximum Gasteiger partial charge on any atom is 0.161 e. The molecule has 0 saturated heterocycles. The van der Waals surface area contributed by atoms with Crippen LogP contribution in [0.4, 0.5) is 0 Å². The third-order valence-corrected chi connectivity index (χ3v) is 4.67. The molecule has 0 aromatic heterocycles. The Morgan fingerprint density at radius 1 is 1.00 bits per heavy atom. The average Bonchev–Trinajstić information content (AvgIpc) is 2.72. The summed E-state index contributed by atoms with van der Waals surface area (Å²) in [4.78, 5) is 0. The van der Waals surface area contributed by atoms with Gasteiger partial charge in [0.1, 0.15) is 6.61 Å². The Morgan fingerprint density at radius 2 is 1.75 bits per heavy atom. The lowest BCUT2D eigenvalue weighted by Crippen LogP contribution is -1.98. The molecule has 0 fully saturated rings. The van der Waals surface area contributed by atoms with Gasteiger partial charge in [0, 0.05) is 15.6 Å². The smallest absolute Gasteiger partial charge is 0.161 e. The molecule has 0 bridgehead atoms. The number of nitriles is 1. The minimum atomic E-state index is 0.395. The van der Waals surface area contributed by atoms with Gasteiger partial charge in [0.25, 0.3) is 0 Å². The first kappa shape index (κ1) is 19.8. The monoisotopic (exact) mass is 409 g/mol. The Balaban J connectivity index is 1.83. The molecule has 0 radical (unpaired) electrons. The van der Waals surface area contributed by atoms with Crippen LogP contribution in [0.2, 0.25) is 10.0 Å². The third kappa shape index (κ3) is 4.86. The molecule has 3 rings (SSSR count). The Labute approximate surface area is 174 Å². The quantitative estimate of drug-likeness (QED) is 0.338. The largest absolute Gasteiger partial charge is 0.493 e. The number of halogens is 2. The second-order valence-electron chi connectivity index (χ2n) is 5.98. The molecule has 3 aromatic carbocycles. The molecular formula is C23H17Cl2NO2. The van der Waals surface area contributed by atoms with E-state index in [-0.39, 0.29) is 0 Å². The van der Waals surface area contributed by atoms with Crippen LogP contribution in [0.5, 0.6) is 11.5 Å². The van der Waals surface area contributed by atoms with Crippen LogP contribution in [0, 0.1) is 11.3 Å². The van der Waals surface area contributed by atoms with Crippen molar-refractivity contribution < 1.29 is 9.47 Å². The third-order valence-electron chi connectivity index (χ3n) is 4.09. The number of rotatable bonds is 6. The van der Waals surface area contributed by atoms with Crippen LogP contribution in [0.3, 0.4) is 0 Å². The number of ether oxygens (including phenoxy) is 2. The first-order chi connectivity index (χ1) is 13.6. The van der Waals surface area contributed by atoms with E-state index in [0.29, 0.717) is 39.3 Å². The fourth-order valence-corrected chi connectivity index (χ4v) is 3.01. The van der Waals surface area contributed by atoms with E-state index in [4.69, 9.17) is 32.7 Å². The molecule has 140 valence electrons. The lowest BCUT2D eigenvalue weighted by atomic mass is 10.0. The van der Waals surface area contributed by atoms with Crippen molar-refractivity contribution in [2.24, 2.45) is 0 Å². The highest BCUT2D eigenvalue weighted by Crippen LogP contribution is 2.31. The van der Waals surface area contributed by atoms with Gasteiger partial charge in [0.05, 0.1) is 18.8 Å². The Bertz CT molecular complexity index is 1040. The predicted octanol–water partition coefficient (Wildman–Crippen LogP) is 6.65. The fourth-order valence-electron chi connectivity index (χ4n) is 2.65. The highest BCUT2D eigenvalue weighted by molar-refractivity contribution is 6.32. The van der Waals surface area contributed by atoms with Gasteiger partial charge in [-0.15, -0.1) is 0 Å². The van der Waals surface area contributed by atoms with E-state index in [1.54, 1.807) is 19.3 Å². The van der Waals surface area contributed by atoms with Gasteiger partial charge in [0.15, 0.2) is 11.5 Å². The highest BCUT2D eigenvalue weighted by atomic mass is 35.5. The molecule has 0 spiro atoms. The first-order valence-electron chi connectivity index (χ1n) is 8.52. The zero-order chi connectivity index (χ0) is 19.9. The van der Waals surface area contributed by atoms with Crippen molar-refractivity contribution in [1.82, 2.24) is 0 Å². The normalized spacial score (nSPS) is 11.0. The minimum Gasteiger partial charge on any atom is -0.493 e. The SMILES string of the molecule is COc1cc(C=C(C#N)c2ccccc2Cl)ccc1OCc1ccc(Cl)cc1. The Morgan fingerprint density at radius 3 is 2.43 bits per heavy atom. The van der Waals surface area contributed by atoms with Crippen molar-refractivity contribution in [2.75, 3.05) is 7.11 Å². The molecule has 0 heterocycles. The number of methoxy groups -OCH3 is 1. The van der Waals surface area contributed by atoms with Gasteiger partial charge < -0.3 is 9.47 Å². The molecule has 28 heavy (non-hydrogen) atoms. The second-order valence-corrected chi connectivity index (χ2v) is 6.82. The summed E-state index contributed by atoms with van der Waals surface area (Å²) in [5, 5.41) is 10.8. The van der Waals surface area contributed by atoms with Gasteiger partial charge in [-0.3, -0.25) is 0 Å². The Kier molecular flexibility index (Phi) is 6.60. The van der Waals surface area contributed by atoms with Crippen molar-refractivity contribution in [2.45, 2.75) is 6.61 Å². The summed E-state index contributed by atoms with van der Waals surface area (Å²) in [6, 6.07) is 22.4. The van der Waals surface area contributed by atoms with Crippen LogP contribution < -0.4 is 9.47 Å². The molecule has 3 nitrogen and oxygen atoms in total. The lowest BCUT2D eigenvalue weighted by Gasteiger charge is -2.12. The van der Waals surface area contributed by atoms with Gasteiger partial charge in [-0.2, -0.15) is 5.26 Å². The summed E-state index contributed by atoms with van der Waals surface area (Å²) in [5.41, 5.74) is 2.98. The molecule has 0 aliphatic rings. The Hall–Kier alpha value is -2.93. The van der Waals surface area contributed by atoms with Crippen LogP contribution in [0.25, 0.3) is 11.6 Å². The molecule has 0 atom stereocenters. The van der Waals surface area contributed by atoms with Crippen molar-refractivity contribution in [3.05, 3.63) is 93.5 Å². The maximum absolute atomic E-state index is 9.53. The van der Waals surface area contributed by atoms with Gasteiger partial charge in [-0.1, -0.05) is 59.6 Å². The fraction of sp³-hybridized carbons (Fsp3) is 0.0870. The van der Waals surface area contributed by atoms with Crippen LogP contribution in [0.15, 0.2) is 66.7 Å². The minimum absolute atomic E-state index is 0.395. The van der Waals surface area contributed by atoms with Crippen molar-refractivity contribution >= 4 is 34.9 Å². The number of hydrogen-bond acceptors (Lipinski definition) is 3. The topological polar surface area (TPSA) is 42.2 Å².